The molecular formula is C29H38N4O3S. The third-order valence-corrected chi connectivity index (χ3v) is 7.63. The lowest BCUT2D eigenvalue weighted by atomic mass is 9.89. The van der Waals surface area contributed by atoms with Crippen molar-refractivity contribution in [1.29, 1.82) is 0 Å². The van der Waals surface area contributed by atoms with Gasteiger partial charge in [0.1, 0.15) is 6.61 Å². The first-order chi connectivity index (χ1) is 17.4. The van der Waals surface area contributed by atoms with Crippen LogP contribution in [0.15, 0.2) is 47.4 Å². The zero-order valence-corrected chi connectivity index (χ0v) is 23.6. The number of nitrogens with zero attached hydrogens (tertiary/aromatic N) is 2. The van der Waals surface area contributed by atoms with Crippen molar-refractivity contribution in [2.24, 2.45) is 11.1 Å². The zero-order chi connectivity index (χ0) is 27.3. The number of rotatable bonds is 9. The van der Waals surface area contributed by atoms with Gasteiger partial charge in [-0.15, -0.1) is 0 Å². The highest BCUT2D eigenvalue weighted by Crippen LogP contribution is 2.33. The number of carboxylic acids is 1. The molecule has 1 heterocycles. The maximum Gasteiger partial charge on any atom is 0.335 e. The number of aromatic nitrogens is 2. The molecule has 0 aliphatic carbocycles. The van der Waals surface area contributed by atoms with Gasteiger partial charge in [-0.3, -0.25) is 0 Å². The number of hydrogen-bond acceptors (Lipinski definition) is 6. The van der Waals surface area contributed by atoms with E-state index in [9.17, 15) is 9.90 Å². The smallest absolute Gasteiger partial charge is 0.335 e. The molecule has 1 unspecified atom stereocenters. The number of aromatic carboxylic acids is 1. The molecule has 0 aliphatic heterocycles. The van der Waals surface area contributed by atoms with Crippen molar-refractivity contribution in [2.45, 2.75) is 65.8 Å². The maximum atomic E-state index is 11.5. The molecule has 198 valence electrons. The lowest BCUT2D eigenvalue weighted by Gasteiger charge is -2.23. The van der Waals surface area contributed by atoms with E-state index >= 15 is 0 Å². The molecule has 0 saturated heterocycles. The van der Waals surface area contributed by atoms with E-state index in [0.717, 1.165) is 33.7 Å². The number of carboxylic acid groups (broad SMARTS) is 1. The monoisotopic (exact) mass is 522 g/mol. The summed E-state index contributed by atoms with van der Waals surface area (Å²) in [6, 6.07) is 12.8. The Morgan fingerprint density at radius 2 is 1.84 bits per heavy atom. The van der Waals surface area contributed by atoms with Crippen LogP contribution in [-0.4, -0.2) is 39.1 Å². The van der Waals surface area contributed by atoms with Crippen LogP contribution in [0.3, 0.4) is 0 Å². The Morgan fingerprint density at radius 3 is 2.49 bits per heavy atom. The molecule has 7 nitrogen and oxygen atoms in total. The molecule has 0 radical (unpaired) electrons. The number of carbonyl (C=O) groups is 1. The molecule has 3 aromatic rings. The van der Waals surface area contributed by atoms with Gasteiger partial charge in [0.15, 0.2) is 0 Å². The molecule has 2 atom stereocenters. The fourth-order valence-corrected chi connectivity index (χ4v) is 5.45. The van der Waals surface area contributed by atoms with Crippen molar-refractivity contribution in [3.8, 4) is 17.1 Å². The van der Waals surface area contributed by atoms with Crippen LogP contribution in [0.1, 0.15) is 61.2 Å². The van der Waals surface area contributed by atoms with Gasteiger partial charge in [-0.05, 0) is 79.8 Å². The molecule has 4 N–H and O–H groups in total. The molecule has 0 amide bonds. The Hall–Kier alpha value is -3.23. The van der Waals surface area contributed by atoms with Crippen molar-refractivity contribution >= 4 is 28.0 Å². The fourth-order valence-electron chi connectivity index (χ4n) is 4.17. The Bertz CT molecular complexity index is 1310. The van der Waals surface area contributed by atoms with E-state index in [1.54, 1.807) is 18.2 Å². The van der Waals surface area contributed by atoms with Crippen LogP contribution in [0, 0.1) is 26.2 Å². The minimum Gasteiger partial charge on any atom is -0.478 e. The number of anilines is 1. The van der Waals surface area contributed by atoms with Gasteiger partial charge in [0, 0.05) is 22.6 Å². The number of aryl methyl sites for hydroxylation is 2. The summed E-state index contributed by atoms with van der Waals surface area (Å²) in [6.45, 7) is 15.0. The highest BCUT2D eigenvalue weighted by molar-refractivity contribution is 8.16. The molecule has 8 heteroatoms. The van der Waals surface area contributed by atoms with Crippen molar-refractivity contribution < 1.29 is 14.6 Å². The molecule has 0 fully saturated rings. The lowest BCUT2D eigenvalue weighted by molar-refractivity contribution is 0.0696. The second kappa shape index (κ2) is 11.9. The van der Waals surface area contributed by atoms with Gasteiger partial charge < -0.3 is 20.3 Å². The average Bonchev–Trinajstić information content (AvgIpc) is 2.83. The van der Waals surface area contributed by atoms with Crippen molar-refractivity contribution in [1.82, 2.24) is 9.97 Å². The van der Waals surface area contributed by atoms with Crippen molar-refractivity contribution in [3.05, 3.63) is 64.7 Å². The van der Waals surface area contributed by atoms with Crippen LogP contribution >= 0.6 is 10.7 Å². The summed E-state index contributed by atoms with van der Waals surface area (Å²) in [4.78, 5) is 21.8. The third kappa shape index (κ3) is 7.63. The quantitative estimate of drug-likeness (QED) is 0.279. The Labute approximate surface area is 222 Å². The van der Waals surface area contributed by atoms with Gasteiger partial charge >= 0.3 is 5.97 Å². The number of nitrogens with two attached hydrogens (primary N) is 1. The van der Waals surface area contributed by atoms with Gasteiger partial charge in [-0.1, -0.05) is 49.6 Å². The minimum atomic E-state index is -0.965. The van der Waals surface area contributed by atoms with Crippen LogP contribution in [-0.2, 0) is 0 Å². The summed E-state index contributed by atoms with van der Waals surface area (Å²) in [7, 11) is -0.630. The van der Waals surface area contributed by atoms with E-state index in [0.29, 0.717) is 18.4 Å². The third-order valence-electron chi connectivity index (χ3n) is 5.99. The Kier molecular flexibility index (Phi) is 9.10. The molecule has 2 aromatic carbocycles. The SMILES string of the molecule is C/C=S(/Nc1nc(OC[C@H](N)CC(C)(C)C)cc(-c2c(C)ccc(C)c2C)n1)c1cccc(C(=O)O)c1. The second-order valence-electron chi connectivity index (χ2n) is 10.5. The number of ether oxygens (including phenoxy) is 1. The second-order valence-corrected chi connectivity index (χ2v) is 12.3. The zero-order valence-electron chi connectivity index (χ0n) is 22.8. The van der Waals surface area contributed by atoms with Crippen molar-refractivity contribution in [3.63, 3.8) is 0 Å². The highest BCUT2D eigenvalue weighted by atomic mass is 32.2. The standard InChI is InChI=1S/C29H38N4O3S/c1-8-37(23-11-9-10-21(14-23)27(34)35)33-28-31-24(26-19(3)13-12-18(2)20(26)4)15-25(32-28)36-17-22(30)16-29(5,6)7/h8-15,22H,16-17,30H2,1-7H3,(H,34,35)(H,31,32,33)/t22-,37?/m1/s1. The Morgan fingerprint density at radius 1 is 1.14 bits per heavy atom. The van der Waals surface area contributed by atoms with E-state index in [2.05, 4.69) is 63.4 Å². The van der Waals surface area contributed by atoms with Crippen LogP contribution in [0.2, 0.25) is 0 Å². The average molecular weight is 523 g/mol. The molecule has 0 saturated carbocycles. The molecule has 0 bridgehead atoms. The van der Waals surface area contributed by atoms with E-state index in [-0.39, 0.29) is 17.0 Å². The summed E-state index contributed by atoms with van der Waals surface area (Å²) < 4.78 is 9.48. The molecule has 3 rings (SSSR count). The highest BCUT2D eigenvalue weighted by Gasteiger charge is 2.18. The summed E-state index contributed by atoms with van der Waals surface area (Å²) in [5, 5.41) is 11.4. The van der Waals surface area contributed by atoms with Crippen LogP contribution in [0.4, 0.5) is 5.95 Å². The first-order valence-corrected chi connectivity index (χ1v) is 13.6. The lowest BCUT2D eigenvalue weighted by Crippen LogP contribution is -2.32. The fraction of sp³-hybridized carbons (Fsp3) is 0.379. The summed E-state index contributed by atoms with van der Waals surface area (Å²) in [6.07, 6.45) is 0.820. The van der Waals surface area contributed by atoms with E-state index < -0.39 is 16.6 Å². The van der Waals surface area contributed by atoms with Crippen LogP contribution < -0.4 is 15.2 Å². The Balaban J connectivity index is 2.02. The molecule has 0 spiro atoms. The molecular weight excluding hydrogens is 484 g/mol. The van der Waals surface area contributed by atoms with Gasteiger partial charge in [0.25, 0.3) is 0 Å². The molecule has 0 aliphatic rings. The van der Waals surface area contributed by atoms with Gasteiger partial charge in [-0.25, -0.2) is 9.78 Å². The molecule has 37 heavy (non-hydrogen) atoms. The number of hydrogen-bond donors (Lipinski definition) is 3. The normalized spacial score (nSPS) is 13.3. The predicted octanol–water partition coefficient (Wildman–Crippen LogP) is 6.39. The van der Waals surface area contributed by atoms with Gasteiger partial charge in [-0.2, -0.15) is 4.98 Å². The predicted molar refractivity (Wildman–Crippen MR) is 154 cm³/mol. The summed E-state index contributed by atoms with van der Waals surface area (Å²) >= 11 is 0. The summed E-state index contributed by atoms with van der Waals surface area (Å²) in [5.74, 6) is -0.122. The van der Waals surface area contributed by atoms with Crippen LogP contribution in [0.5, 0.6) is 5.88 Å². The number of nitrogens with one attached hydrogen (secondary N) is 1. The van der Waals surface area contributed by atoms with Gasteiger partial charge in [0.05, 0.1) is 11.3 Å². The first kappa shape index (κ1) is 28.3. The van der Waals surface area contributed by atoms with Crippen molar-refractivity contribution in [2.75, 3.05) is 11.3 Å². The maximum absolute atomic E-state index is 11.5. The minimum absolute atomic E-state index is 0.0951. The topological polar surface area (TPSA) is 110 Å². The summed E-state index contributed by atoms with van der Waals surface area (Å²) in [5.41, 5.74) is 11.9. The van der Waals surface area contributed by atoms with E-state index in [4.69, 9.17) is 15.5 Å². The largest absolute Gasteiger partial charge is 0.478 e. The first-order valence-electron chi connectivity index (χ1n) is 12.3. The molecule has 1 aromatic heterocycles. The number of benzene rings is 2. The van der Waals surface area contributed by atoms with Crippen LogP contribution in [0.25, 0.3) is 11.3 Å². The van der Waals surface area contributed by atoms with E-state index in [1.165, 1.54) is 5.56 Å². The van der Waals surface area contributed by atoms with E-state index in [1.807, 2.05) is 24.4 Å². The van der Waals surface area contributed by atoms with Gasteiger partial charge in [0.2, 0.25) is 11.8 Å².